The summed E-state index contributed by atoms with van der Waals surface area (Å²) in [5.74, 6) is -1.69. The molecule has 0 aromatic heterocycles. The number of carbonyl (C=O) groups is 2. The van der Waals surface area contributed by atoms with Gasteiger partial charge in [-0.2, -0.15) is 0 Å². The highest BCUT2D eigenvalue weighted by atomic mass is 79.9. The van der Waals surface area contributed by atoms with Crippen LogP contribution in [0, 0.1) is 5.41 Å². The fourth-order valence-corrected chi connectivity index (χ4v) is 3.01. The van der Waals surface area contributed by atoms with Gasteiger partial charge >= 0.3 is 11.9 Å². The highest BCUT2D eigenvalue weighted by molar-refractivity contribution is 9.10. The van der Waals surface area contributed by atoms with E-state index in [9.17, 15) is 14.7 Å². The second-order valence-electron chi connectivity index (χ2n) is 4.76. The Balaban J connectivity index is 2.47. The Morgan fingerprint density at radius 2 is 1.81 bits per heavy atom. The van der Waals surface area contributed by atoms with Crippen LogP contribution in [-0.2, 0) is 19.1 Å². The molecule has 1 aliphatic carbocycles. The number of aromatic hydroxyl groups is 1. The van der Waals surface area contributed by atoms with Crippen LogP contribution in [0.1, 0.15) is 17.9 Å². The average molecular weight is 359 g/mol. The lowest BCUT2D eigenvalue weighted by Gasteiger charge is -2.14. The summed E-state index contributed by atoms with van der Waals surface area (Å²) in [6.45, 7) is 0. The predicted molar refractivity (Wildman–Crippen MR) is 76.2 cm³/mol. The van der Waals surface area contributed by atoms with Gasteiger partial charge in [-0.05, 0) is 18.6 Å². The molecule has 1 fully saturated rings. The van der Waals surface area contributed by atoms with E-state index in [0.717, 1.165) is 0 Å². The molecule has 1 aliphatic rings. The van der Waals surface area contributed by atoms with Gasteiger partial charge in [-0.3, -0.25) is 9.59 Å². The molecule has 0 bridgehead atoms. The first-order valence-electron chi connectivity index (χ1n) is 6.15. The van der Waals surface area contributed by atoms with Crippen molar-refractivity contribution in [2.24, 2.45) is 5.41 Å². The molecule has 0 aliphatic heterocycles. The summed E-state index contributed by atoms with van der Waals surface area (Å²) < 4.78 is 15.2. The van der Waals surface area contributed by atoms with E-state index in [1.165, 1.54) is 21.3 Å². The summed E-state index contributed by atoms with van der Waals surface area (Å²) >= 11 is 3.31. The number of phenolic OH excluding ortho intramolecular Hbond substituents is 1. The van der Waals surface area contributed by atoms with Gasteiger partial charge in [0.2, 0.25) is 0 Å². The highest BCUT2D eigenvalue weighted by Gasteiger charge is 2.69. The Kier molecular flexibility index (Phi) is 4.13. The number of esters is 2. The molecule has 1 aromatic rings. The number of phenols is 1. The molecule has 1 saturated carbocycles. The summed E-state index contributed by atoms with van der Waals surface area (Å²) in [4.78, 5) is 24.0. The van der Waals surface area contributed by atoms with Crippen molar-refractivity contribution in [2.45, 2.75) is 12.3 Å². The van der Waals surface area contributed by atoms with Crippen molar-refractivity contribution in [2.75, 3.05) is 21.3 Å². The van der Waals surface area contributed by atoms with Crippen molar-refractivity contribution in [3.63, 3.8) is 0 Å². The second-order valence-corrected chi connectivity index (χ2v) is 5.67. The maximum Gasteiger partial charge on any atom is 0.323 e. The van der Waals surface area contributed by atoms with Crippen LogP contribution in [0.3, 0.4) is 0 Å². The van der Waals surface area contributed by atoms with Gasteiger partial charge in [0.15, 0.2) is 16.9 Å². The normalized spacial score (nSPS) is 18.8. The van der Waals surface area contributed by atoms with Gasteiger partial charge in [-0.25, -0.2) is 0 Å². The van der Waals surface area contributed by atoms with E-state index in [0.29, 0.717) is 10.0 Å². The molecule has 0 unspecified atom stereocenters. The number of halogens is 1. The van der Waals surface area contributed by atoms with Crippen molar-refractivity contribution in [1.29, 1.82) is 0 Å². The first-order chi connectivity index (χ1) is 9.92. The molecule has 1 atom stereocenters. The Hall–Kier alpha value is -1.76. The fourth-order valence-electron chi connectivity index (χ4n) is 2.55. The number of hydrogen-bond donors (Lipinski definition) is 1. The van der Waals surface area contributed by atoms with E-state index in [1.807, 2.05) is 0 Å². The Bertz CT molecular complexity index is 581. The average Bonchev–Trinajstić information content (AvgIpc) is 3.24. The number of ether oxygens (including phenoxy) is 3. The first-order valence-corrected chi connectivity index (χ1v) is 6.94. The molecular formula is C14H15BrO6. The maximum absolute atomic E-state index is 12.0. The summed E-state index contributed by atoms with van der Waals surface area (Å²) in [5, 5.41) is 10.2. The molecule has 1 aromatic carbocycles. The first kappa shape index (κ1) is 15.6. The molecule has 0 radical (unpaired) electrons. The summed E-state index contributed by atoms with van der Waals surface area (Å²) in [6.07, 6.45) is 0.222. The molecule has 114 valence electrons. The molecular weight excluding hydrogens is 344 g/mol. The van der Waals surface area contributed by atoms with Gasteiger partial charge < -0.3 is 19.3 Å². The van der Waals surface area contributed by atoms with Gasteiger partial charge in [-0.15, -0.1) is 0 Å². The number of carbonyl (C=O) groups excluding carboxylic acids is 2. The molecule has 0 heterocycles. The van der Waals surface area contributed by atoms with Crippen molar-refractivity contribution in [3.05, 3.63) is 22.2 Å². The predicted octanol–water partition coefficient (Wildman–Crippen LogP) is 1.98. The van der Waals surface area contributed by atoms with E-state index >= 15 is 0 Å². The lowest BCUT2D eigenvalue weighted by molar-refractivity contribution is -0.161. The topological polar surface area (TPSA) is 82.1 Å². The van der Waals surface area contributed by atoms with Gasteiger partial charge in [-0.1, -0.05) is 15.9 Å². The molecule has 0 spiro atoms. The van der Waals surface area contributed by atoms with E-state index in [1.54, 1.807) is 12.1 Å². The van der Waals surface area contributed by atoms with Crippen molar-refractivity contribution in [1.82, 2.24) is 0 Å². The van der Waals surface area contributed by atoms with Crippen LogP contribution < -0.4 is 4.74 Å². The minimum Gasteiger partial charge on any atom is -0.504 e. The van der Waals surface area contributed by atoms with Crippen LogP contribution in [0.15, 0.2) is 16.6 Å². The van der Waals surface area contributed by atoms with Crippen LogP contribution in [-0.4, -0.2) is 38.4 Å². The van der Waals surface area contributed by atoms with Crippen molar-refractivity contribution in [3.8, 4) is 11.5 Å². The van der Waals surface area contributed by atoms with E-state index < -0.39 is 23.3 Å². The Morgan fingerprint density at radius 1 is 1.24 bits per heavy atom. The minimum atomic E-state index is -1.40. The van der Waals surface area contributed by atoms with Crippen LogP contribution in [0.2, 0.25) is 0 Å². The van der Waals surface area contributed by atoms with E-state index in [-0.39, 0.29) is 17.9 Å². The molecule has 21 heavy (non-hydrogen) atoms. The van der Waals surface area contributed by atoms with Crippen molar-refractivity contribution >= 4 is 27.9 Å². The zero-order valence-electron chi connectivity index (χ0n) is 11.8. The quantitative estimate of drug-likeness (QED) is 0.654. The fraction of sp³-hybridized carbons (Fsp3) is 0.429. The largest absolute Gasteiger partial charge is 0.504 e. The second kappa shape index (κ2) is 5.55. The van der Waals surface area contributed by atoms with Gasteiger partial charge in [0.25, 0.3) is 0 Å². The van der Waals surface area contributed by atoms with Gasteiger partial charge in [0.05, 0.1) is 21.3 Å². The van der Waals surface area contributed by atoms with Crippen LogP contribution in [0.25, 0.3) is 0 Å². The Morgan fingerprint density at radius 3 is 2.29 bits per heavy atom. The van der Waals surface area contributed by atoms with Gasteiger partial charge in [0, 0.05) is 16.0 Å². The molecule has 6 nitrogen and oxygen atoms in total. The summed E-state index contributed by atoms with van der Waals surface area (Å²) in [5.41, 5.74) is -0.954. The molecule has 7 heteroatoms. The molecule has 0 saturated heterocycles. The smallest absolute Gasteiger partial charge is 0.323 e. The number of hydrogen-bond acceptors (Lipinski definition) is 6. The Labute approximate surface area is 130 Å². The lowest BCUT2D eigenvalue weighted by Crippen LogP contribution is -2.30. The number of rotatable bonds is 4. The highest BCUT2D eigenvalue weighted by Crippen LogP contribution is 2.63. The number of methoxy groups -OCH3 is 3. The molecule has 2 rings (SSSR count). The van der Waals surface area contributed by atoms with Gasteiger partial charge in [0.1, 0.15) is 0 Å². The third-order valence-corrected chi connectivity index (χ3v) is 4.18. The number of benzene rings is 1. The van der Waals surface area contributed by atoms with Crippen LogP contribution in [0.5, 0.6) is 11.5 Å². The monoisotopic (exact) mass is 358 g/mol. The third kappa shape index (κ3) is 2.35. The van der Waals surface area contributed by atoms with Crippen molar-refractivity contribution < 1.29 is 28.9 Å². The van der Waals surface area contributed by atoms with E-state index in [2.05, 4.69) is 15.9 Å². The van der Waals surface area contributed by atoms with E-state index in [4.69, 9.17) is 14.2 Å². The zero-order chi connectivity index (χ0) is 15.8. The summed E-state index contributed by atoms with van der Waals surface area (Å²) in [6, 6.07) is 3.25. The minimum absolute atomic E-state index is 0.0969. The standard InChI is InChI=1S/C14H15BrO6/c1-19-10-5-7(15)4-8(11(10)16)9-6-14(9,12(17)20-2)13(18)21-3/h4-5,9,16H,6H2,1-3H3/t9-/m1/s1. The molecule has 0 amide bonds. The SMILES string of the molecule is COC(=O)C1(C(=O)OC)C[C@@H]1c1cc(Br)cc(OC)c1O. The molecule has 1 N–H and O–H groups in total. The van der Waals surface area contributed by atoms with Crippen LogP contribution >= 0.6 is 15.9 Å². The van der Waals surface area contributed by atoms with Crippen LogP contribution in [0.4, 0.5) is 0 Å². The summed E-state index contributed by atoms with van der Waals surface area (Å²) in [7, 11) is 3.85. The lowest BCUT2D eigenvalue weighted by atomic mass is 9.98. The third-order valence-electron chi connectivity index (χ3n) is 3.72. The zero-order valence-corrected chi connectivity index (χ0v) is 13.4. The maximum atomic E-state index is 12.0.